The molecular weight excluding hydrogens is 460 g/mol. The van der Waals surface area contributed by atoms with E-state index in [9.17, 15) is 10.0 Å². The Kier molecular flexibility index (Phi) is 7.53. The van der Waals surface area contributed by atoms with E-state index in [2.05, 4.69) is 10.3 Å². The second-order valence-electron chi connectivity index (χ2n) is 8.73. The summed E-state index contributed by atoms with van der Waals surface area (Å²) in [4.78, 5) is 23.1. The highest BCUT2D eigenvalue weighted by atomic mass is 35.5. The van der Waals surface area contributed by atoms with E-state index in [1.807, 2.05) is 38.1 Å². The van der Waals surface area contributed by atoms with Gasteiger partial charge in [-0.2, -0.15) is 0 Å². The molecule has 0 amide bonds. The Morgan fingerprint density at radius 2 is 2.18 bits per heavy atom. The topological polar surface area (TPSA) is 99.3 Å². The van der Waals surface area contributed by atoms with Crippen molar-refractivity contribution in [3.8, 4) is 5.75 Å². The van der Waals surface area contributed by atoms with Crippen molar-refractivity contribution < 1.29 is 24.1 Å². The molecule has 4 rings (SSSR count). The van der Waals surface area contributed by atoms with Crippen molar-refractivity contribution >= 4 is 17.6 Å². The Bertz CT molecular complexity index is 1060. The van der Waals surface area contributed by atoms with Gasteiger partial charge < -0.3 is 19.5 Å². The number of fused-ring (bicyclic) bond motifs is 1. The predicted octanol–water partition coefficient (Wildman–Crippen LogP) is 4.89. The van der Waals surface area contributed by atoms with Gasteiger partial charge in [0.1, 0.15) is 12.7 Å². The Morgan fingerprint density at radius 3 is 2.91 bits per heavy atom. The minimum Gasteiger partial charge on any atom is -0.569 e. The van der Waals surface area contributed by atoms with Crippen LogP contribution in [0.15, 0.2) is 35.7 Å². The van der Waals surface area contributed by atoms with Crippen LogP contribution >= 0.6 is 11.6 Å². The summed E-state index contributed by atoms with van der Waals surface area (Å²) in [5, 5.41) is 18.0. The number of pyridine rings is 1. The van der Waals surface area contributed by atoms with Crippen LogP contribution in [0.25, 0.3) is 0 Å². The summed E-state index contributed by atoms with van der Waals surface area (Å²) in [5.74, 6) is 0.142. The first-order valence-corrected chi connectivity index (χ1v) is 11.9. The van der Waals surface area contributed by atoms with Gasteiger partial charge in [-0.1, -0.05) is 44.0 Å². The number of nitrogens with zero attached hydrogens (tertiary/aromatic N) is 4. The molecule has 1 fully saturated rings. The Hall–Kier alpha value is -2.91. The number of carbonyl (C=O) groups is 1. The van der Waals surface area contributed by atoms with E-state index in [1.165, 1.54) is 5.01 Å². The van der Waals surface area contributed by atoms with Crippen LogP contribution in [-0.2, 0) is 21.0 Å². The first-order chi connectivity index (χ1) is 16.4. The van der Waals surface area contributed by atoms with E-state index >= 15 is 0 Å². The highest BCUT2D eigenvalue weighted by Gasteiger charge is 2.40. The number of ether oxygens (including phenoxy) is 2. The molecule has 3 heterocycles. The van der Waals surface area contributed by atoms with E-state index in [1.54, 1.807) is 13.1 Å². The lowest BCUT2D eigenvalue weighted by Crippen LogP contribution is -2.42. The molecule has 3 atom stereocenters. The average Bonchev–Trinajstić information content (AvgIpc) is 3.49. The lowest BCUT2D eigenvalue weighted by Gasteiger charge is -2.20. The number of benzene rings is 1. The molecule has 0 aliphatic carbocycles. The summed E-state index contributed by atoms with van der Waals surface area (Å²) in [5.41, 5.74) is 3.15. The fourth-order valence-electron chi connectivity index (χ4n) is 4.07. The quantitative estimate of drug-likeness (QED) is 0.226. The number of aryl methyl sites for hydroxylation is 1. The standard InChI is InChI=1S/C24H29ClN4O5/c1-4-15(2)13-33-27-29(31)28-11-5-6-21(28)24(30)34-22-16(3)26-12-19-20(22)14-32-23(19)17-7-9-18(25)10-8-17/h7-10,12,15,21,23H,4-6,11,13-14H2,1-3H3/b29-27-/t15-,21-,23-/m0/s1. The lowest BCUT2D eigenvalue weighted by atomic mass is 10.0. The minimum atomic E-state index is -0.752. The smallest absolute Gasteiger partial charge is 0.340 e. The maximum atomic E-state index is 13.1. The molecule has 0 N–H and O–H groups in total. The SMILES string of the molecule is CC[C@H](C)CO/N=[N+](\[O-])N1CCC[C@H]1C(=O)Oc1c(C)ncc2c1CO[C@H]2c1ccc(Cl)cc1. The largest absolute Gasteiger partial charge is 0.569 e. The number of halogens is 1. The van der Waals surface area contributed by atoms with Crippen molar-refractivity contribution in [1.82, 2.24) is 9.99 Å². The third kappa shape index (κ3) is 5.10. The third-order valence-electron chi connectivity index (χ3n) is 6.30. The molecule has 0 bridgehead atoms. The molecule has 10 heteroatoms. The van der Waals surface area contributed by atoms with E-state index in [0.29, 0.717) is 47.4 Å². The summed E-state index contributed by atoms with van der Waals surface area (Å²) in [6.45, 7) is 6.85. The maximum absolute atomic E-state index is 13.1. The number of hydrogen-bond acceptors (Lipinski definition) is 7. The molecule has 2 aromatic rings. The molecule has 1 aromatic heterocycles. The number of hydrazine groups is 1. The summed E-state index contributed by atoms with van der Waals surface area (Å²) < 4.78 is 11.8. The molecule has 9 nitrogen and oxygen atoms in total. The highest BCUT2D eigenvalue weighted by molar-refractivity contribution is 6.30. The molecule has 0 saturated carbocycles. The molecule has 0 radical (unpaired) electrons. The fourth-order valence-corrected chi connectivity index (χ4v) is 4.20. The summed E-state index contributed by atoms with van der Waals surface area (Å²) >= 11 is 6.01. The van der Waals surface area contributed by atoms with E-state index in [4.69, 9.17) is 25.9 Å². The minimum absolute atomic E-state index is 0.283. The van der Waals surface area contributed by atoms with Gasteiger partial charge >= 0.3 is 5.97 Å². The number of carbonyl (C=O) groups excluding carboxylic acids is 1. The number of aromatic nitrogens is 1. The van der Waals surface area contributed by atoms with Gasteiger partial charge in [0.15, 0.2) is 11.8 Å². The second kappa shape index (κ2) is 10.6. The average molecular weight is 489 g/mol. The van der Waals surface area contributed by atoms with Crippen LogP contribution in [0.1, 0.15) is 61.6 Å². The van der Waals surface area contributed by atoms with Gasteiger partial charge in [0.25, 0.3) is 0 Å². The molecule has 2 aliphatic rings. The summed E-state index contributed by atoms with van der Waals surface area (Å²) in [6.07, 6.45) is 3.52. The van der Waals surface area contributed by atoms with Crippen LogP contribution in [0, 0.1) is 18.0 Å². The molecule has 34 heavy (non-hydrogen) atoms. The van der Waals surface area contributed by atoms with Gasteiger partial charge in [-0.3, -0.25) is 4.98 Å². The van der Waals surface area contributed by atoms with E-state index in [-0.39, 0.29) is 18.6 Å². The first-order valence-electron chi connectivity index (χ1n) is 11.5. The van der Waals surface area contributed by atoms with Crippen LogP contribution in [0.5, 0.6) is 5.75 Å². The first kappa shape index (κ1) is 24.2. The number of esters is 1. The maximum Gasteiger partial charge on any atom is 0.340 e. The molecule has 2 aliphatic heterocycles. The van der Waals surface area contributed by atoms with Crippen molar-refractivity contribution in [2.45, 2.75) is 58.8 Å². The van der Waals surface area contributed by atoms with Crippen LogP contribution in [-0.4, -0.2) is 40.1 Å². The van der Waals surface area contributed by atoms with Crippen molar-refractivity contribution in [3.05, 3.63) is 63.1 Å². The van der Waals surface area contributed by atoms with E-state index < -0.39 is 12.0 Å². The van der Waals surface area contributed by atoms with Crippen molar-refractivity contribution in [2.75, 3.05) is 13.2 Å². The molecule has 1 aromatic carbocycles. The molecule has 1 saturated heterocycles. The summed E-state index contributed by atoms with van der Waals surface area (Å²) in [6, 6.07) is 6.67. The van der Waals surface area contributed by atoms with Crippen LogP contribution in [0.4, 0.5) is 0 Å². The van der Waals surface area contributed by atoms with Gasteiger partial charge in [-0.25, -0.2) is 4.79 Å². The Morgan fingerprint density at radius 1 is 1.41 bits per heavy atom. The summed E-state index contributed by atoms with van der Waals surface area (Å²) in [7, 11) is 0. The van der Waals surface area contributed by atoms with Crippen LogP contribution < -0.4 is 4.74 Å². The van der Waals surface area contributed by atoms with Crippen molar-refractivity contribution in [1.29, 1.82) is 0 Å². The van der Waals surface area contributed by atoms with Gasteiger partial charge in [-0.15, -0.1) is 5.01 Å². The predicted molar refractivity (Wildman–Crippen MR) is 124 cm³/mol. The Labute approximate surface area is 203 Å². The number of rotatable bonds is 8. The zero-order valence-electron chi connectivity index (χ0n) is 19.6. The molecular formula is C24H29ClN4O5. The van der Waals surface area contributed by atoms with Crippen LogP contribution in [0.2, 0.25) is 5.02 Å². The van der Waals surface area contributed by atoms with Gasteiger partial charge in [0.05, 0.1) is 23.8 Å². The fraction of sp³-hybridized carbons (Fsp3) is 0.500. The highest BCUT2D eigenvalue weighted by Crippen LogP contribution is 2.41. The third-order valence-corrected chi connectivity index (χ3v) is 6.55. The van der Waals surface area contributed by atoms with Gasteiger partial charge in [0, 0.05) is 22.3 Å². The number of hydrogen-bond donors (Lipinski definition) is 0. The van der Waals surface area contributed by atoms with E-state index in [0.717, 1.165) is 23.1 Å². The van der Waals surface area contributed by atoms with Crippen molar-refractivity contribution in [2.24, 2.45) is 11.2 Å². The second-order valence-corrected chi connectivity index (χ2v) is 9.17. The van der Waals surface area contributed by atoms with Crippen molar-refractivity contribution in [3.63, 3.8) is 0 Å². The molecule has 0 spiro atoms. The monoisotopic (exact) mass is 488 g/mol. The van der Waals surface area contributed by atoms with Crippen LogP contribution in [0.3, 0.4) is 0 Å². The molecule has 0 unspecified atom stereocenters. The zero-order chi connectivity index (χ0) is 24.2. The normalized spacial score (nSPS) is 20.8. The zero-order valence-corrected chi connectivity index (χ0v) is 20.3. The molecule has 182 valence electrons. The Balaban J connectivity index is 1.50. The lowest BCUT2D eigenvalue weighted by molar-refractivity contribution is -0.712. The van der Waals surface area contributed by atoms with Gasteiger partial charge in [-0.05, 0) is 43.4 Å². The van der Waals surface area contributed by atoms with Gasteiger partial charge in [0.2, 0.25) is 5.28 Å².